The molecule has 0 aliphatic carbocycles. The van der Waals surface area contributed by atoms with Crippen LogP contribution in [0.3, 0.4) is 0 Å². The predicted octanol–water partition coefficient (Wildman–Crippen LogP) is 2.13. The number of halogens is 1. The minimum Gasteiger partial charge on any atom is -0.355 e. The number of nitrogens with one attached hydrogen (secondary N) is 1. The van der Waals surface area contributed by atoms with Gasteiger partial charge in [0.1, 0.15) is 4.34 Å². The van der Waals surface area contributed by atoms with Crippen molar-refractivity contribution in [2.75, 3.05) is 18.6 Å². The molecular formula is C9H13ClN2OS2. The third kappa shape index (κ3) is 4.40. The maximum atomic E-state index is 11.1. The van der Waals surface area contributed by atoms with Gasteiger partial charge in [-0.15, -0.1) is 11.3 Å². The molecule has 0 atom stereocenters. The van der Waals surface area contributed by atoms with Crippen molar-refractivity contribution < 1.29 is 4.79 Å². The van der Waals surface area contributed by atoms with Crippen molar-refractivity contribution in [1.82, 2.24) is 10.3 Å². The molecule has 1 rings (SSSR count). The van der Waals surface area contributed by atoms with Crippen LogP contribution in [0.2, 0.25) is 4.34 Å². The Labute approximate surface area is 103 Å². The van der Waals surface area contributed by atoms with E-state index >= 15 is 0 Å². The first-order chi connectivity index (χ1) is 7.13. The van der Waals surface area contributed by atoms with Gasteiger partial charge in [0.15, 0.2) is 0 Å². The molecule has 0 fully saturated rings. The molecule has 1 aromatic heterocycles. The quantitative estimate of drug-likeness (QED) is 0.886. The van der Waals surface area contributed by atoms with Gasteiger partial charge in [-0.1, -0.05) is 11.6 Å². The zero-order valence-corrected chi connectivity index (χ0v) is 11.1. The van der Waals surface area contributed by atoms with Crippen molar-refractivity contribution in [3.05, 3.63) is 15.0 Å². The van der Waals surface area contributed by atoms with Gasteiger partial charge in [0.2, 0.25) is 5.91 Å². The van der Waals surface area contributed by atoms with Crippen molar-refractivity contribution in [2.24, 2.45) is 0 Å². The fourth-order valence-electron chi connectivity index (χ4n) is 1.03. The number of carbonyl (C=O) groups is 1. The lowest BCUT2D eigenvalue weighted by atomic mass is 10.4. The van der Waals surface area contributed by atoms with Crippen molar-refractivity contribution in [1.29, 1.82) is 0 Å². The van der Waals surface area contributed by atoms with Crippen LogP contribution in [0.4, 0.5) is 0 Å². The molecule has 6 heteroatoms. The summed E-state index contributed by atoms with van der Waals surface area (Å²) in [7, 11) is 0. The number of thiazole rings is 1. The monoisotopic (exact) mass is 264 g/mol. The van der Waals surface area contributed by atoms with E-state index in [0.717, 1.165) is 21.5 Å². The van der Waals surface area contributed by atoms with Crippen LogP contribution in [0.15, 0.2) is 0 Å². The van der Waals surface area contributed by atoms with Crippen LogP contribution in [0.5, 0.6) is 0 Å². The normalized spacial score (nSPS) is 10.3. The highest BCUT2D eigenvalue weighted by atomic mass is 35.5. The molecule has 0 saturated carbocycles. The van der Waals surface area contributed by atoms with E-state index in [1.807, 2.05) is 13.2 Å². The molecule has 1 aromatic rings. The van der Waals surface area contributed by atoms with Gasteiger partial charge >= 0.3 is 0 Å². The maximum absolute atomic E-state index is 11.1. The van der Waals surface area contributed by atoms with Crippen LogP contribution in [0, 0.1) is 6.92 Å². The number of hydrogen-bond acceptors (Lipinski definition) is 4. The van der Waals surface area contributed by atoms with E-state index in [9.17, 15) is 4.79 Å². The van der Waals surface area contributed by atoms with E-state index in [4.69, 9.17) is 11.6 Å². The second-order valence-corrected chi connectivity index (χ2v) is 5.55. The van der Waals surface area contributed by atoms with Gasteiger partial charge in [0, 0.05) is 13.0 Å². The minimum atomic E-state index is 0.0712. The Kier molecular flexibility index (Phi) is 5.42. The summed E-state index contributed by atoms with van der Waals surface area (Å²) in [5, 5.41) is 3.80. The molecule has 0 saturated heterocycles. The van der Waals surface area contributed by atoms with E-state index in [0.29, 0.717) is 12.3 Å². The molecule has 3 nitrogen and oxygen atoms in total. The molecule has 0 spiro atoms. The largest absolute Gasteiger partial charge is 0.355 e. The number of amides is 1. The van der Waals surface area contributed by atoms with E-state index in [2.05, 4.69) is 10.3 Å². The molecule has 0 unspecified atom stereocenters. The van der Waals surface area contributed by atoms with Gasteiger partial charge in [-0.05, 0) is 13.2 Å². The summed E-state index contributed by atoms with van der Waals surface area (Å²) in [6, 6.07) is 0. The molecule has 84 valence electrons. The summed E-state index contributed by atoms with van der Waals surface area (Å²) < 4.78 is 0.737. The lowest BCUT2D eigenvalue weighted by Crippen LogP contribution is -2.27. The lowest BCUT2D eigenvalue weighted by molar-refractivity contribution is -0.118. The van der Waals surface area contributed by atoms with Crippen molar-refractivity contribution in [3.8, 4) is 0 Å². The third-order valence-electron chi connectivity index (χ3n) is 1.72. The first-order valence-corrected chi connectivity index (χ1v) is 7.09. The van der Waals surface area contributed by atoms with Gasteiger partial charge in [-0.25, -0.2) is 4.98 Å². The zero-order valence-electron chi connectivity index (χ0n) is 8.67. The molecule has 1 N–H and O–H groups in total. The minimum absolute atomic E-state index is 0.0712. The van der Waals surface area contributed by atoms with Gasteiger partial charge in [-0.3, -0.25) is 4.79 Å². The Hall–Kier alpha value is -0.260. The third-order valence-corrected chi connectivity index (χ3v) is 3.78. The Morgan fingerprint density at radius 1 is 1.67 bits per heavy atom. The number of carbonyl (C=O) groups excluding carboxylic acids is 1. The summed E-state index contributed by atoms with van der Waals surface area (Å²) in [6.45, 7) is 2.51. The van der Waals surface area contributed by atoms with Gasteiger partial charge in [-0.2, -0.15) is 11.8 Å². The molecular weight excluding hydrogens is 252 g/mol. The molecule has 0 bridgehead atoms. The first-order valence-electron chi connectivity index (χ1n) is 4.51. The second-order valence-electron chi connectivity index (χ2n) is 3.00. The topological polar surface area (TPSA) is 42.0 Å². The Bertz CT molecular complexity index is 321. The van der Waals surface area contributed by atoms with E-state index in [1.54, 1.807) is 0 Å². The summed E-state index contributed by atoms with van der Waals surface area (Å²) in [4.78, 5) is 15.4. The first kappa shape index (κ1) is 12.8. The van der Waals surface area contributed by atoms with Gasteiger partial charge in [0.25, 0.3) is 0 Å². The fraction of sp³-hybridized carbons (Fsp3) is 0.556. The van der Waals surface area contributed by atoms with Crippen molar-refractivity contribution in [3.63, 3.8) is 0 Å². The van der Waals surface area contributed by atoms with Gasteiger partial charge in [0.05, 0.1) is 16.5 Å². The smallest absolute Gasteiger partial charge is 0.229 e. The van der Waals surface area contributed by atoms with E-state index in [-0.39, 0.29) is 5.91 Å². The van der Waals surface area contributed by atoms with Crippen LogP contribution >= 0.6 is 34.7 Å². The molecule has 1 heterocycles. The fourth-order valence-corrected chi connectivity index (χ4v) is 2.49. The number of aromatic nitrogens is 1. The average molecular weight is 265 g/mol. The summed E-state index contributed by atoms with van der Waals surface area (Å²) in [5.74, 6) is 0.583. The van der Waals surface area contributed by atoms with E-state index < -0.39 is 0 Å². The van der Waals surface area contributed by atoms with Crippen LogP contribution < -0.4 is 5.32 Å². The van der Waals surface area contributed by atoms with E-state index in [1.165, 1.54) is 23.1 Å². The number of rotatable bonds is 5. The molecule has 0 aromatic carbocycles. The number of nitrogens with zero attached hydrogens (tertiary/aromatic N) is 1. The number of aryl methyl sites for hydroxylation is 1. The lowest BCUT2D eigenvalue weighted by Gasteiger charge is -2.01. The zero-order chi connectivity index (χ0) is 11.3. The number of thioether (sulfide) groups is 1. The van der Waals surface area contributed by atoms with Crippen molar-refractivity contribution >= 4 is 40.6 Å². The Morgan fingerprint density at radius 3 is 2.93 bits per heavy atom. The summed E-state index contributed by atoms with van der Waals surface area (Å²) in [5.41, 5.74) is 0.868. The Morgan fingerprint density at radius 2 is 2.40 bits per heavy atom. The average Bonchev–Trinajstić information content (AvgIpc) is 2.46. The maximum Gasteiger partial charge on any atom is 0.229 e. The molecule has 1 amide bonds. The van der Waals surface area contributed by atoms with Crippen molar-refractivity contribution in [2.45, 2.75) is 13.3 Å². The molecule has 0 aliphatic rings. The summed E-state index contributed by atoms with van der Waals surface area (Å²) in [6.07, 6.45) is 2.65. The van der Waals surface area contributed by atoms with Crippen LogP contribution in [-0.4, -0.2) is 29.4 Å². The highest BCUT2D eigenvalue weighted by Gasteiger charge is 2.05. The van der Waals surface area contributed by atoms with Crippen LogP contribution in [0.1, 0.15) is 10.7 Å². The summed E-state index contributed by atoms with van der Waals surface area (Å²) >= 11 is 8.88. The van der Waals surface area contributed by atoms with Gasteiger partial charge < -0.3 is 5.32 Å². The SMILES string of the molecule is CSCC(=O)NCCc1nc(C)c(Cl)s1. The highest BCUT2D eigenvalue weighted by molar-refractivity contribution is 7.99. The molecule has 0 aliphatic heterocycles. The standard InChI is InChI=1S/C9H13ClN2OS2/c1-6-9(10)15-8(12-6)3-4-11-7(13)5-14-2/h3-5H2,1-2H3,(H,11,13). The van der Waals surface area contributed by atoms with Crippen LogP contribution in [-0.2, 0) is 11.2 Å². The number of hydrogen-bond donors (Lipinski definition) is 1. The molecule has 15 heavy (non-hydrogen) atoms. The van der Waals surface area contributed by atoms with Crippen LogP contribution in [0.25, 0.3) is 0 Å². The predicted molar refractivity (Wildman–Crippen MR) is 67.0 cm³/mol. The highest BCUT2D eigenvalue weighted by Crippen LogP contribution is 2.23. The Balaban J connectivity index is 2.28. The molecule has 0 radical (unpaired) electrons. The second kappa shape index (κ2) is 6.35.